The molecule has 1 amide bonds. The molecule has 2 aromatic rings. The molecule has 0 radical (unpaired) electrons. The van der Waals surface area contributed by atoms with Gasteiger partial charge in [-0.2, -0.15) is 5.10 Å². The number of carbonyl (C=O) groups excluding carboxylic acids is 1. The van der Waals surface area contributed by atoms with Gasteiger partial charge in [-0.15, -0.1) is 10.2 Å². The summed E-state index contributed by atoms with van der Waals surface area (Å²) in [4.78, 5) is 12.2. The highest BCUT2D eigenvalue weighted by atomic mass is 32.2. The van der Waals surface area contributed by atoms with E-state index in [1.54, 1.807) is 0 Å². The van der Waals surface area contributed by atoms with E-state index in [0.29, 0.717) is 11.1 Å². The number of aromatic nitrogens is 3. The number of hydrazone groups is 1. The third kappa shape index (κ3) is 4.54. The third-order valence-electron chi connectivity index (χ3n) is 4.15. The van der Waals surface area contributed by atoms with Gasteiger partial charge in [0.25, 0.3) is 5.95 Å². The van der Waals surface area contributed by atoms with Gasteiger partial charge in [0.15, 0.2) is 0 Å². The average molecular weight is 373 g/mol. The normalized spacial score (nSPS) is 13.7. The molecule has 0 aliphatic heterocycles. The van der Waals surface area contributed by atoms with Crippen molar-refractivity contribution in [1.29, 1.82) is 0 Å². The second-order valence-corrected chi connectivity index (χ2v) is 7.27. The SMILES string of the molecule is Cc1ccc(NC(=O)CSc2nnc(NN=C3CCCC3)n2N)c(C)c1. The maximum absolute atomic E-state index is 12.2. The van der Waals surface area contributed by atoms with Gasteiger partial charge in [-0.25, -0.2) is 10.1 Å². The number of hydrogen-bond donors (Lipinski definition) is 3. The van der Waals surface area contributed by atoms with Gasteiger partial charge in [0.05, 0.1) is 5.75 Å². The number of nitrogens with one attached hydrogen (secondary N) is 2. The molecule has 1 heterocycles. The molecule has 4 N–H and O–H groups in total. The van der Waals surface area contributed by atoms with Gasteiger partial charge in [0, 0.05) is 11.4 Å². The van der Waals surface area contributed by atoms with E-state index in [2.05, 4.69) is 26.0 Å². The first kappa shape index (κ1) is 18.2. The molecule has 1 aromatic carbocycles. The molecule has 26 heavy (non-hydrogen) atoms. The number of hydrogen-bond acceptors (Lipinski definition) is 7. The van der Waals surface area contributed by atoms with Crippen LogP contribution in [0.1, 0.15) is 36.8 Å². The molecule has 1 fully saturated rings. The molecule has 3 rings (SSSR count). The minimum Gasteiger partial charge on any atom is -0.334 e. The second kappa shape index (κ2) is 8.22. The molecule has 1 aromatic heterocycles. The first-order valence-corrected chi connectivity index (χ1v) is 9.53. The van der Waals surface area contributed by atoms with Crippen LogP contribution in [0, 0.1) is 13.8 Å². The molecule has 0 spiro atoms. The maximum Gasteiger partial charge on any atom is 0.264 e. The summed E-state index contributed by atoms with van der Waals surface area (Å²) in [5.74, 6) is 6.41. The Morgan fingerprint density at radius 2 is 2.08 bits per heavy atom. The Labute approximate surface area is 156 Å². The Balaban J connectivity index is 1.54. The maximum atomic E-state index is 12.2. The van der Waals surface area contributed by atoms with Crippen molar-refractivity contribution in [2.24, 2.45) is 5.10 Å². The third-order valence-corrected chi connectivity index (χ3v) is 5.09. The van der Waals surface area contributed by atoms with Gasteiger partial charge in [0.2, 0.25) is 11.1 Å². The molecule has 0 unspecified atom stereocenters. The summed E-state index contributed by atoms with van der Waals surface area (Å²) in [6, 6.07) is 5.90. The molecule has 1 aliphatic rings. The molecule has 0 bridgehead atoms. The Morgan fingerprint density at radius 1 is 1.31 bits per heavy atom. The van der Waals surface area contributed by atoms with E-state index in [1.165, 1.54) is 29.3 Å². The highest BCUT2D eigenvalue weighted by Gasteiger charge is 2.14. The number of nitrogens with zero attached hydrogens (tertiary/aromatic N) is 4. The highest BCUT2D eigenvalue weighted by molar-refractivity contribution is 7.99. The van der Waals surface area contributed by atoms with Gasteiger partial charge >= 0.3 is 0 Å². The first-order chi connectivity index (χ1) is 12.5. The summed E-state index contributed by atoms with van der Waals surface area (Å²) in [5.41, 5.74) is 6.97. The van der Waals surface area contributed by atoms with Crippen LogP contribution in [-0.2, 0) is 4.79 Å². The molecular formula is C17H23N7OS. The Hall–Kier alpha value is -2.55. The predicted molar refractivity (Wildman–Crippen MR) is 105 cm³/mol. The van der Waals surface area contributed by atoms with Crippen molar-refractivity contribution in [3.63, 3.8) is 0 Å². The average Bonchev–Trinajstić information content (AvgIpc) is 3.24. The molecule has 138 valence electrons. The van der Waals surface area contributed by atoms with Gasteiger partial charge in [0.1, 0.15) is 0 Å². The second-order valence-electron chi connectivity index (χ2n) is 6.33. The summed E-state index contributed by atoms with van der Waals surface area (Å²) in [6.07, 6.45) is 4.36. The molecule has 0 atom stereocenters. The molecule has 0 saturated heterocycles. The molecule has 1 aliphatic carbocycles. The number of thioether (sulfide) groups is 1. The van der Waals surface area contributed by atoms with Gasteiger partial charge < -0.3 is 11.2 Å². The van der Waals surface area contributed by atoms with E-state index < -0.39 is 0 Å². The zero-order chi connectivity index (χ0) is 18.5. The summed E-state index contributed by atoms with van der Waals surface area (Å²) in [7, 11) is 0. The lowest BCUT2D eigenvalue weighted by Crippen LogP contribution is -2.17. The highest BCUT2D eigenvalue weighted by Crippen LogP contribution is 2.20. The lowest BCUT2D eigenvalue weighted by molar-refractivity contribution is -0.113. The quantitative estimate of drug-likeness (QED) is 0.408. The largest absolute Gasteiger partial charge is 0.334 e. The number of amides is 1. The molecule has 8 nitrogen and oxygen atoms in total. The van der Waals surface area contributed by atoms with Crippen molar-refractivity contribution in [2.45, 2.75) is 44.7 Å². The summed E-state index contributed by atoms with van der Waals surface area (Å²) >= 11 is 1.23. The lowest BCUT2D eigenvalue weighted by atomic mass is 10.1. The van der Waals surface area contributed by atoms with Crippen LogP contribution in [0.15, 0.2) is 28.5 Å². The Kier molecular flexibility index (Phi) is 5.77. The van der Waals surface area contributed by atoms with Crippen LogP contribution in [-0.4, -0.2) is 32.2 Å². The summed E-state index contributed by atoms with van der Waals surface area (Å²) < 4.78 is 1.31. The van der Waals surface area contributed by atoms with Crippen LogP contribution in [0.3, 0.4) is 0 Å². The zero-order valence-electron chi connectivity index (χ0n) is 15.0. The number of aryl methyl sites for hydroxylation is 2. The van der Waals surface area contributed by atoms with Gasteiger partial charge in [-0.05, 0) is 51.2 Å². The number of rotatable bonds is 6. The molecule has 9 heteroatoms. The minimum atomic E-state index is -0.120. The number of benzene rings is 1. The van der Waals surface area contributed by atoms with Gasteiger partial charge in [-0.3, -0.25) is 4.79 Å². The van der Waals surface area contributed by atoms with Crippen LogP contribution in [0.5, 0.6) is 0 Å². The number of anilines is 2. The van der Waals surface area contributed by atoms with Crippen LogP contribution < -0.4 is 16.6 Å². The van der Waals surface area contributed by atoms with Crippen molar-refractivity contribution in [3.8, 4) is 0 Å². The number of nitrogen functional groups attached to an aromatic ring is 1. The van der Waals surface area contributed by atoms with Gasteiger partial charge in [-0.1, -0.05) is 29.5 Å². The van der Waals surface area contributed by atoms with Crippen molar-refractivity contribution >= 4 is 35.0 Å². The standard InChI is InChI=1S/C17H23N7OS/c1-11-7-8-14(12(2)9-11)19-15(25)10-26-17-23-22-16(24(17)18)21-20-13-5-3-4-6-13/h7-9H,3-6,10,18H2,1-2H3,(H,19,25)(H,21,22). The predicted octanol–water partition coefficient (Wildman–Crippen LogP) is 2.68. The van der Waals surface area contributed by atoms with E-state index in [1.807, 2.05) is 32.0 Å². The van der Waals surface area contributed by atoms with E-state index in [-0.39, 0.29) is 11.7 Å². The van der Waals surface area contributed by atoms with Crippen molar-refractivity contribution < 1.29 is 4.79 Å². The summed E-state index contributed by atoms with van der Waals surface area (Å²) in [5, 5.41) is 15.7. The fourth-order valence-corrected chi connectivity index (χ4v) is 3.40. The number of nitrogens with two attached hydrogens (primary N) is 1. The zero-order valence-corrected chi connectivity index (χ0v) is 15.8. The number of carbonyl (C=O) groups is 1. The topological polar surface area (TPSA) is 110 Å². The van der Waals surface area contributed by atoms with Crippen LogP contribution in [0.4, 0.5) is 11.6 Å². The minimum absolute atomic E-state index is 0.120. The van der Waals surface area contributed by atoms with Crippen LogP contribution in [0.2, 0.25) is 0 Å². The fraction of sp³-hybridized carbons (Fsp3) is 0.412. The van der Waals surface area contributed by atoms with Crippen molar-refractivity contribution in [2.75, 3.05) is 22.3 Å². The van der Waals surface area contributed by atoms with E-state index in [9.17, 15) is 4.79 Å². The van der Waals surface area contributed by atoms with Crippen molar-refractivity contribution in [3.05, 3.63) is 29.3 Å². The molecular weight excluding hydrogens is 350 g/mol. The lowest BCUT2D eigenvalue weighted by Gasteiger charge is -2.09. The van der Waals surface area contributed by atoms with Crippen LogP contribution >= 0.6 is 11.8 Å². The van der Waals surface area contributed by atoms with Crippen LogP contribution in [0.25, 0.3) is 0 Å². The Bertz CT molecular complexity index is 823. The van der Waals surface area contributed by atoms with Crippen molar-refractivity contribution in [1.82, 2.24) is 14.9 Å². The van der Waals surface area contributed by atoms with E-state index >= 15 is 0 Å². The smallest absolute Gasteiger partial charge is 0.264 e. The van der Waals surface area contributed by atoms with E-state index in [4.69, 9.17) is 5.84 Å². The Morgan fingerprint density at radius 3 is 2.81 bits per heavy atom. The summed E-state index contributed by atoms with van der Waals surface area (Å²) in [6.45, 7) is 3.99. The fourth-order valence-electron chi connectivity index (χ4n) is 2.75. The first-order valence-electron chi connectivity index (χ1n) is 8.55. The monoisotopic (exact) mass is 373 g/mol. The van der Waals surface area contributed by atoms with E-state index in [0.717, 1.165) is 35.4 Å². The molecule has 1 saturated carbocycles.